The Balaban J connectivity index is 2.83. The minimum atomic E-state index is -1.99. The number of benzene rings is 1. The molecule has 6 heteroatoms. The summed E-state index contributed by atoms with van der Waals surface area (Å²) in [6.07, 6.45) is 1.49. The molecule has 0 fully saturated rings. The SMILES string of the molecule is O=S(O)c1c[nH]c2c(Cl)c(Br)ccc12. The Hall–Kier alpha value is -0.360. The van der Waals surface area contributed by atoms with Crippen molar-refractivity contribution >= 4 is 49.5 Å². The second-order valence-corrected chi connectivity index (χ2v) is 4.86. The highest BCUT2D eigenvalue weighted by molar-refractivity contribution is 9.10. The van der Waals surface area contributed by atoms with Crippen molar-refractivity contribution in [1.82, 2.24) is 4.98 Å². The molecule has 0 bridgehead atoms. The van der Waals surface area contributed by atoms with E-state index in [4.69, 9.17) is 16.2 Å². The van der Waals surface area contributed by atoms with Crippen molar-refractivity contribution in [3.05, 3.63) is 27.8 Å². The van der Waals surface area contributed by atoms with E-state index in [0.717, 1.165) is 4.47 Å². The third kappa shape index (κ3) is 1.50. The van der Waals surface area contributed by atoms with Crippen LogP contribution in [0.15, 0.2) is 27.7 Å². The van der Waals surface area contributed by atoms with Crippen molar-refractivity contribution in [2.24, 2.45) is 0 Å². The lowest BCUT2D eigenvalue weighted by atomic mass is 10.2. The van der Waals surface area contributed by atoms with Gasteiger partial charge in [-0.1, -0.05) is 17.7 Å². The molecular formula is C8H5BrClNO2S. The Morgan fingerprint density at radius 1 is 1.50 bits per heavy atom. The van der Waals surface area contributed by atoms with E-state index in [1.54, 1.807) is 12.1 Å². The molecule has 0 radical (unpaired) electrons. The molecular weight excluding hydrogens is 290 g/mol. The van der Waals surface area contributed by atoms with E-state index in [-0.39, 0.29) is 0 Å². The molecule has 0 saturated heterocycles. The topological polar surface area (TPSA) is 53.1 Å². The van der Waals surface area contributed by atoms with Crippen molar-refractivity contribution in [2.75, 3.05) is 0 Å². The van der Waals surface area contributed by atoms with Gasteiger partial charge in [-0.3, -0.25) is 0 Å². The molecule has 0 spiro atoms. The summed E-state index contributed by atoms with van der Waals surface area (Å²) in [5, 5.41) is 1.18. The van der Waals surface area contributed by atoms with Gasteiger partial charge in [0, 0.05) is 16.1 Å². The molecule has 14 heavy (non-hydrogen) atoms. The first-order chi connectivity index (χ1) is 6.61. The van der Waals surface area contributed by atoms with Gasteiger partial charge in [-0.2, -0.15) is 0 Å². The van der Waals surface area contributed by atoms with Crippen LogP contribution in [0.5, 0.6) is 0 Å². The fourth-order valence-electron chi connectivity index (χ4n) is 1.26. The first-order valence-corrected chi connectivity index (χ1v) is 5.95. The van der Waals surface area contributed by atoms with Crippen molar-refractivity contribution in [2.45, 2.75) is 4.90 Å². The van der Waals surface area contributed by atoms with E-state index in [1.807, 2.05) is 0 Å². The van der Waals surface area contributed by atoms with E-state index in [1.165, 1.54) is 6.20 Å². The van der Waals surface area contributed by atoms with E-state index in [9.17, 15) is 4.21 Å². The van der Waals surface area contributed by atoms with Gasteiger partial charge in [0.25, 0.3) is 0 Å². The van der Waals surface area contributed by atoms with Crippen LogP contribution in [0, 0.1) is 0 Å². The zero-order chi connectivity index (χ0) is 10.3. The summed E-state index contributed by atoms with van der Waals surface area (Å²) in [7, 11) is 0. The molecule has 1 aromatic carbocycles. The number of fused-ring (bicyclic) bond motifs is 1. The lowest BCUT2D eigenvalue weighted by Crippen LogP contribution is -1.84. The maximum absolute atomic E-state index is 10.9. The molecule has 0 amide bonds. The fourth-order valence-corrected chi connectivity index (χ4v) is 2.32. The molecule has 0 aliphatic carbocycles. The minimum Gasteiger partial charge on any atom is -0.359 e. The first kappa shape index (κ1) is 10.2. The van der Waals surface area contributed by atoms with Gasteiger partial charge in [-0.25, -0.2) is 4.21 Å². The highest BCUT2D eigenvalue weighted by atomic mass is 79.9. The Morgan fingerprint density at radius 3 is 2.86 bits per heavy atom. The summed E-state index contributed by atoms with van der Waals surface area (Å²) in [5.41, 5.74) is 0.665. The fraction of sp³-hybridized carbons (Fsp3) is 0. The number of aromatic amines is 1. The minimum absolute atomic E-state index is 0.342. The van der Waals surface area contributed by atoms with Gasteiger partial charge >= 0.3 is 0 Å². The lowest BCUT2D eigenvalue weighted by Gasteiger charge is -1.97. The number of aromatic nitrogens is 1. The summed E-state index contributed by atoms with van der Waals surface area (Å²) in [6, 6.07) is 3.49. The van der Waals surface area contributed by atoms with Gasteiger partial charge < -0.3 is 9.54 Å². The third-order valence-electron chi connectivity index (χ3n) is 1.90. The van der Waals surface area contributed by atoms with Crippen LogP contribution < -0.4 is 0 Å². The van der Waals surface area contributed by atoms with E-state index in [2.05, 4.69) is 20.9 Å². The van der Waals surface area contributed by atoms with Crippen LogP contribution >= 0.6 is 27.5 Å². The highest BCUT2D eigenvalue weighted by Crippen LogP contribution is 2.32. The molecule has 1 atom stereocenters. The third-order valence-corrected chi connectivity index (χ3v) is 3.89. The zero-order valence-electron chi connectivity index (χ0n) is 6.75. The van der Waals surface area contributed by atoms with Gasteiger partial charge in [-0.15, -0.1) is 0 Å². The second kappa shape index (κ2) is 3.66. The molecule has 0 aliphatic rings. The Bertz CT molecular complexity index is 525. The van der Waals surface area contributed by atoms with E-state index >= 15 is 0 Å². The lowest BCUT2D eigenvalue weighted by molar-refractivity contribution is 0.565. The predicted molar refractivity (Wildman–Crippen MR) is 60.0 cm³/mol. The van der Waals surface area contributed by atoms with Crippen LogP contribution in [-0.4, -0.2) is 13.7 Å². The van der Waals surface area contributed by atoms with Gasteiger partial charge in [0.2, 0.25) is 0 Å². The van der Waals surface area contributed by atoms with Crippen molar-refractivity contribution in [3.8, 4) is 0 Å². The summed E-state index contributed by atoms with van der Waals surface area (Å²) in [5.74, 6) is 0. The van der Waals surface area contributed by atoms with Crippen LogP contribution in [0.3, 0.4) is 0 Å². The largest absolute Gasteiger partial charge is 0.359 e. The number of hydrogen-bond donors (Lipinski definition) is 2. The molecule has 2 rings (SSSR count). The summed E-state index contributed by atoms with van der Waals surface area (Å²) in [6.45, 7) is 0. The van der Waals surface area contributed by atoms with Crippen molar-refractivity contribution in [3.63, 3.8) is 0 Å². The van der Waals surface area contributed by atoms with Crippen LogP contribution in [0.4, 0.5) is 0 Å². The molecule has 3 nitrogen and oxygen atoms in total. The highest BCUT2D eigenvalue weighted by Gasteiger charge is 2.12. The first-order valence-electron chi connectivity index (χ1n) is 3.67. The van der Waals surface area contributed by atoms with Gasteiger partial charge in [0.05, 0.1) is 15.4 Å². The Labute approximate surface area is 95.9 Å². The van der Waals surface area contributed by atoms with Gasteiger partial charge in [0.1, 0.15) is 0 Å². The summed E-state index contributed by atoms with van der Waals surface area (Å²) < 4.78 is 20.6. The summed E-state index contributed by atoms with van der Waals surface area (Å²) in [4.78, 5) is 3.21. The van der Waals surface area contributed by atoms with E-state index in [0.29, 0.717) is 20.8 Å². The predicted octanol–water partition coefficient (Wildman–Crippen LogP) is 3.16. The molecule has 1 heterocycles. The standard InChI is InChI=1S/C8H5BrClNO2S/c9-5-2-1-4-6(14(12)13)3-11-8(4)7(5)10/h1-3,11H,(H,12,13). The summed E-state index contributed by atoms with van der Waals surface area (Å²) >= 11 is 7.27. The maximum Gasteiger partial charge on any atom is 0.188 e. The van der Waals surface area contributed by atoms with Gasteiger partial charge in [0.15, 0.2) is 11.1 Å². The normalized spacial score (nSPS) is 13.4. The van der Waals surface area contributed by atoms with Crippen LogP contribution in [-0.2, 0) is 11.1 Å². The van der Waals surface area contributed by atoms with Crippen LogP contribution in [0.1, 0.15) is 0 Å². The quantitative estimate of drug-likeness (QED) is 0.794. The molecule has 2 aromatic rings. The number of nitrogens with one attached hydrogen (secondary N) is 1. The molecule has 74 valence electrons. The van der Waals surface area contributed by atoms with Gasteiger partial charge in [-0.05, 0) is 22.0 Å². The van der Waals surface area contributed by atoms with Crippen molar-refractivity contribution < 1.29 is 8.76 Å². The monoisotopic (exact) mass is 293 g/mol. The van der Waals surface area contributed by atoms with Crippen LogP contribution in [0.2, 0.25) is 5.02 Å². The molecule has 0 saturated carbocycles. The average molecular weight is 295 g/mol. The van der Waals surface area contributed by atoms with Crippen LogP contribution in [0.25, 0.3) is 10.9 Å². The molecule has 0 aliphatic heterocycles. The smallest absolute Gasteiger partial charge is 0.188 e. The molecule has 1 aromatic heterocycles. The van der Waals surface area contributed by atoms with Crippen molar-refractivity contribution in [1.29, 1.82) is 0 Å². The second-order valence-electron chi connectivity index (χ2n) is 2.69. The maximum atomic E-state index is 10.9. The number of H-pyrrole nitrogens is 1. The zero-order valence-corrected chi connectivity index (χ0v) is 9.91. The number of hydrogen-bond acceptors (Lipinski definition) is 1. The Morgan fingerprint density at radius 2 is 2.21 bits per heavy atom. The van der Waals surface area contributed by atoms with E-state index < -0.39 is 11.1 Å². The number of rotatable bonds is 1. The molecule has 2 N–H and O–H groups in total. The molecule has 1 unspecified atom stereocenters. The number of halogens is 2. The average Bonchev–Trinajstić information content (AvgIpc) is 2.55. The Kier molecular flexibility index (Phi) is 2.66.